The number of nitrogens with one attached hydrogen (secondary N) is 2. The lowest BCUT2D eigenvalue weighted by Gasteiger charge is -2.39. The van der Waals surface area contributed by atoms with Crippen molar-refractivity contribution in [3.8, 4) is 0 Å². The number of carbonyl (C=O) groups excluding carboxylic acids is 1. The molecule has 2 aliphatic rings. The summed E-state index contributed by atoms with van der Waals surface area (Å²) in [5.74, 6) is 0.845. The fourth-order valence-corrected chi connectivity index (χ4v) is 6.95. The first kappa shape index (κ1) is 24.8. The molecule has 0 bridgehead atoms. The number of benzene rings is 2. The number of urea groups is 1. The third kappa shape index (κ3) is 5.19. The Bertz CT molecular complexity index is 1280. The van der Waals surface area contributed by atoms with Crippen molar-refractivity contribution >= 4 is 44.8 Å². The number of hydrogen-bond donors (Lipinski definition) is 2. The third-order valence-corrected chi connectivity index (χ3v) is 9.19. The van der Waals surface area contributed by atoms with Gasteiger partial charge in [-0.2, -0.15) is 0 Å². The minimum Gasteiger partial charge on any atom is -0.331 e. The fraction of sp³-hybridized carbons (Fsp3) is 0.346. The van der Waals surface area contributed by atoms with Gasteiger partial charge in [0, 0.05) is 5.69 Å². The monoisotopic (exact) mass is 518 g/mol. The van der Waals surface area contributed by atoms with Crippen LogP contribution in [0.2, 0.25) is 10.0 Å². The van der Waals surface area contributed by atoms with Crippen molar-refractivity contribution in [3.05, 3.63) is 80.9 Å². The average molecular weight is 519 g/mol. The van der Waals surface area contributed by atoms with Crippen LogP contribution in [0.3, 0.4) is 0 Å². The Morgan fingerprint density at radius 3 is 2.47 bits per heavy atom. The van der Waals surface area contributed by atoms with E-state index in [2.05, 4.69) is 30.6 Å². The number of halogens is 2. The molecule has 0 saturated heterocycles. The molecule has 0 aromatic heterocycles. The molecule has 8 heteroatoms. The first-order valence-electron chi connectivity index (χ1n) is 11.3. The van der Waals surface area contributed by atoms with Gasteiger partial charge in [0.05, 0.1) is 26.7 Å². The van der Waals surface area contributed by atoms with Crippen molar-refractivity contribution in [1.29, 1.82) is 0 Å². The van der Waals surface area contributed by atoms with Gasteiger partial charge >= 0.3 is 6.03 Å². The second kappa shape index (κ2) is 9.76. The topological polar surface area (TPSA) is 75.3 Å². The van der Waals surface area contributed by atoms with Crippen LogP contribution in [0, 0.1) is 11.8 Å². The largest absolute Gasteiger partial charge is 0.331 e. The Labute approximate surface area is 211 Å². The van der Waals surface area contributed by atoms with E-state index in [-0.39, 0.29) is 16.7 Å². The van der Waals surface area contributed by atoms with E-state index in [0.717, 1.165) is 18.4 Å². The molecule has 0 spiro atoms. The zero-order valence-corrected chi connectivity index (χ0v) is 21.7. The molecule has 3 atom stereocenters. The standard InChI is InChI=1S/C26H28Cl2N2O3S/c1-15-11-18(13-19-12-16(2)24(15)19)14-34(32,33)21-9-7-20(8-10-21)30-26(31)29-17(3)22-5-4-6-23(27)25(22)28/h4-11,15,17,19H,12-14H2,1-3H3,(H2,29,30,31). The summed E-state index contributed by atoms with van der Waals surface area (Å²) >= 11 is 12.3. The first-order chi connectivity index (χ1) is 16.0. The molecular weight excluding hydrogens is 491 g/mol. The molecule has 0 heterocycles. The van der Waals surface area contributed by atoms with Crippen LogP contribution >= 0.6 is 23.2 Å². The summed E-state index contributed by atoms with van der Waals surface area (Å²) in [5.41, 5.74) is 5.13. The van der Waals surface area contributed by atoms with Crippen molar-refractivity contribution < 1.29 is 13.2 Å². The van der Waals surface area contributed by atoms with Crippen molar-refractivity contribution in [2.75, 3.05) is 11.1 Å². The Balaban J connectivity index is 1.38. The highest BCUT2D eigenvalue weighted by molar-refractivity contribution is 7.91. The summed E-state index contributed by atoms with van der Waals surface area (Å²) in [6, 6.07) is 10.7. The number of anilines is 1. The lowest BCUT2D eigenvalue weighted by atomic mass is 9.66. The van der Waals surface area contributed by atoms with E-state index in [9.17, 15) is 13.2 Å². The van der Waals surface area contributed by atoms with Gasteiger partial charge < -0.3 is 10.6 Å². The molecule has 180 valence electrons. The van der Waals surface area contributed by atoms with Crippen LogP contribution in [0.15, 0.2) is 70.2 Å². The summed E-state index contributed by atoms with van der Waals surface area (Å²) in [6.45, 7) is 6.11. The second-order valence-electron chi connectivity index (χ2n) is 9.20. The number of rotatable bonds is 6. The summed E-state index contributed by atoms with van der Waals surface area (Å²) in [6.07, 6.45) is 4.01. The van der Waals surface area contributed by atoms with Gasteiger partial charge in [-0.3, -0.25) is 0 Å². The number of allylic oxidation sites excluding steroid dienone is 3. The van der Waals surface area contributed by atoms with Crippen LogP contribution < -0.4 is 10.6 Å². The van der Waals surface area contributed by atoms with Gasteiger partial charge in [0.2, 0.25) is 0 Å². The molecule has 0 aliphatic heterocycles. The lowest BCUT2D eigenvalue weighted by Crippen LogP contribution is -2.31. The van der Waals surface area contributed by atoms with Gasteiger partial charge in [-0.15, -0.1) is 0 Å². The van der Waals surface area contributed by atoms with E-state index < -0.39 is 15.9 Å². The molecule has 2 aromatic rings. The Morgan fingerprint density at radius 2 is 1.82 bits per heavy atom. The van der Waals surface area contributed by atoms with Crippen LogP contribution in [0.4, 0.5) is 10.5 Å². The van der Waals surface area contributed by atoms with Gasteiger partial charge in [0.25, 0.3) is 0 Å². The molecule has 4 rings (SSSR count). The molecule has 0 saturated carbocycles. The Morgan fingerprint density at radius 1 is 1.12 bits per heavy atom. The molecule has 34 heavy (non-hydrogen) atoms. The van der Waals surface area contributed by atoms with E-state index in [4.69, 9.17) is 23.2 Å². The number of fused-ring (bicyclic) bond motifs is 1. The van der Waals surface area contributed by atoms with Gasteiger partial charge in [0.1, 0.15) is 0 Å². The zero-order chi connectivity index (χ0) is 24.6. The van der Waals surface area contributed by atoms with E-state index in [1.54, 1.807) is 37.3 Å². The summed E-state index contributed by atoms with van der Waals surface area (Å²) in [4.78, 5) is 12.7. The van der Waals surface area contributed by atoms with Crippen LogP contribution in [-0.2, 0) is 9.84 Å². The van der Waals surface area contributed by atoms with E-state index in [1.807, 2.05) is 0 Å². The number of sulfone groups is 1. The SMILES string of the molecule is CC1=C2C(C)C=C(CS(=O)(=O)c3ccc(NC(=O)NC(C)c4cccc(Cl)c4Cl)cc3)CC2C1. The highest BCUT2D eigenvalue weighted by Gasteiger charge is 2.34. The van der Waals surface area contributed by atoms with Crippen LogP contribution in [0.1, 0.15) is 45.2 Å². The van der Waals surface area contributed by atoms with Crippen molar-refractivity contribution in [2.45, 2.75) is 44.6 Å². The number of amides is 2. The average Bonchev–Trinajstić information content (AvgIpc) is 2.74. The van der Waals surface area contributed by atoms with Crippen molar-refractivity contribution in [3.63, 3.8) is 0 Å². The normalized spacial score (nSPS) is 20.7. The second-order valence-corrected chi connectivity index (χ2v) is 12.0. The lowest BCUT2D eigenvalue weighted by molar-refractivity contribution is 0.249. The van der Waals surface area contributed by atoms with Gasteiger partial charge in [-0.05, 0) is 74.4 Å². The van der Waals surface area contributed by atoms with E-state index in [1.165, 1.54) is 23.3 Å². The smallest absolute Gasteiger partial charge is 0.319 e. The fourth-order valence-electron chi connectivity index (χ4n) is 5.06. The molecule has 2 N–H and O–H groups in total. The third-order valence-electron chi connectivity index (χ3n) is 6.61. The minimum atomic E-state index is -3.46. The summed E-state index contributed by atoms with van der Waals surface area (Å²) in [7, 11) is -3.46. The summed E-state index contributed by atoms with van der Waals surface area (Å²) < 4.78 is 26.0. The van der Waals surface area contributed by atoms with E-state index in [0.29, 0.717) is 33.1 Å². The maximum atomic E-state index is 13.0. The quantitative estimate of drug-likeness (QED) is 0.406. The summed E-state index contributed by atoms with van der Waals surface area (Å²) in [5, 5.41) is 6.35. The Kier molecular flexibility index (Phi) is 7.13. The maximum Gasteiger partial charge on any atom is 0.319 e. The highest BCUT2D eigenvalue weighted by Crippen LogP contribution is 2.47. The van der Waals surface area contributed by atoms with E-state index >= 15 is 0 Å². The van der Waals surface area contributed by atoms with Gasteiger partial charge in [-0.1, -0.05) is 65.1 Å². The molecule has 0 fully saturated rings. The van der Waals surface area contributed by atoms with Crippen molar-refractivity contribution in [1.82, 2.24) is 5.32 Å². The van der Waals surface area contributed by atoms with Crippen LogP contribution in [0.25, 0.3) is 0 Å². The molecule has 0 radical (unpaired) electrons. The number of hydrogen-bond acceptors (Lipinski definition) is 3. The predicted molar refractivity (Wildman–Crippen MR) is 138 cm³/mol. The van der Waals surface area contributed by atoms with Crippen LogP contribution in [-0.4, -0.2) is 20.2 Å². The predicted octanol–water partition coefficient (Wildman–Crippen LogP) is 6.95. The molecule has 2 amide bonds. The van der Waals surface area contributed by atoms with Gasteiger partial charge in [-0.25, -0.2) is 13.2 Å². The highest BCUT2D eigenvalue weighted by atomic mass is 35.5. The minimum absolute atomic E-state index is 0.0331. The van der Waals surface area contributed by atoms with Gasteiger partial charge in [0.15, 0.2) is 9.84 Å². The molecule has 5 nitrogen and oxygen atoms in total. The molecule has 3 unspecified atom stereocenters. The molecule has 2 aliphatic carbocycles. The molecule has 2 aromatic carbocycles. The van der Waals surface area contributed by atoms with Crippen LogP contribution in [0.5, 0.6) is 0 Å². The van der Waals surface area contributed by atoms with Crippen molar-refractivity contribution in [2.24, 2.45) is 11.8 Å². The first-order valence-corrected chi connectivity index (χ1v) is 13.7. The number of carbonyl (C=O) groups is 1. The maximum absolute atomic E-state index is 13.0. The Hall–Kier alpha value is -2.28. The zero-order valence-electron chi connectivity index (χ0n) is 19.4. The molecular formula is C26H28Cl2N2O3S.